The first-order valence-corrected chi connectivity index (χ1v) is 4.37. The van der Waals surface area contributed by atoms with Gasteiger partial charge in [-0.15, -0.1) is 5.10 Å². The smallest absolute Gasteiger partial charge is 0.239 e. The van der Waals surface area contributed by atoms with Crippen LogP contribution in [-0.2, 0) is 6.42 Å². The van der Waals surface area contributed by atoms with Crippen LogP contribution in [0.5, 0.6) is 0 Å². The van der Waals surface area contributed by atoms with Gasteiger partial charge in [-0.1, -0.05) is 6.92 Å². The fraction of sp³-hybridized carbons (Fsp3) is 0.750. The highest BCUT2D eigenvalue weighted by atomic mass is 15.4. The minimum Gasteiger partial charge on any atom is -0.366 e. The Morgan fingerprint density at radius 3 is 3.00 bits per heavy atom. The van der Waals surface area contributed by atoms with Gasteiger partial charge in [0.2, 0.25) is 5.95 Å². The second-order valence-corrected chi connectivity index (χ2v) is 3.72. The Kier molecular flexibility index (Phi) is 1.56. The zero-order chi connectivity index (χ0) is 8.72. The molecule has 1 aliphatic rings. The Hall–Kier alpha value is -1.06. The van der Waals surface area contributed by atoms with Gasteiger partial charge in [-0.25, -0.2) is 4.68 Å². The normalized spacial score (nSPS) is 28.5. The van der Waals surface area contributed by atoms with Gasteiger partial charge in [0.15, 0.2) is 0 Å². The van der Waals surface area contributed by atoms with Gasteiger partial charge in [-0.05, 0) is 19.3 Å². The molecule has 1 aromatic rings. The van der Waals surface area contributed by atoms with Crippen molar-refractivity contribution < 1.29 is 0 Å². The lowest BCUT2D eigenvalue weighted by Gasteiger charge is -2.24. The van der Waals surface area contributed by atoms with E-state index in [0.717, 1.165) is 12.2 Å². The molecule has 2 atom stereocenters. The Balaban J connectivity index is 2.40. The maximum absolute atomic E-state index is 5.52. The molecular weight excluding hydrogens is 152 g/mol. The number of fused-ring (bicyclic) bond motifs is 1. The van der Waals surface area contributed by atoms with E-state index in [1.807, 2.05) is 4.68 Å². The summed E-state index contributed by atoms with van der Waals surface area (Å²) in [5.74, 6) is 2.15. The van der Waals surface area contributed by atoms with Crippen LogP contribution in [0.1, 0.15) is 32.1 Å². The zero-order valence-corrected chi connectivity index (χ0v) is 7.49. The predicted molar refractivity (Wildman–Crippen MR) is 46.6 cm³/mol. The molecule has 2 rings (SSSR count). The average Bonchev–Trinajstić information content (AvgIpc) is 2.29. The molecule has 0 bridgehead atoms. The van der Waals surface area contributed by atoms with Crippen molar-refractivity contribution in [1.82, 2.24) is 14.8 Å². The maximum Gasteiger partial charge on any atom is 0.239 e. The van der Waals surface area contributed by atoms with Gasteiger partial charge >= 0.3 is 0 Å². The topological polar surface area (TPSA) is 56.7 Å². The lowest BCUT2D eigenvalue weighted by Crippen LogP contribution is -2.22. The highest BCUT2D eigenvalue weighted by Gasteiger charge is 2.23. The van der Waals surface area contributed by atoms with E-state index in [-0.39, 0.29) is 0 Å². The minimum atomic E-state index is 0.408. The number of hydrogen-bond donors (Lipinski definition) is 1. The van der Waals surface area contributed by atoms with Crippen molar-refractivity contribution in [2.24, 2.45) is 5.92 Å². The van der Waals surface area contributed by atoms with Crippen molar-refractivity contribution >= 4 is 5.95 Å². The number of nitrogens with two attached hydrogens (primary N) is 1. The third-order valence-corrected chi connectivity index (χ3v) is 2.41. The molecule has 0 amide bonds. The Labute approximate surface area is 71.8 Å². The number of nitrogens with zero attached hydrogens (tertiary/aromatic N) is 3. The molecule has 12 heavy (non-hydrogen) atoms. The summed E-state index contributed by atoms with van der Waals surface area (Å²) in [6, 6.07) is 0.452. The van der Waals surface area contributed by atoms with E-state index in [0.29, 0.717) is 17.9 Å². The van der Waals surface area contributed by atoms with Gasteiger partial charge in [-0.2, -0.15) is 4.98 Å². The number of nitrogen functional groups attached to an aromatic ring is 1. The van der Waals surface area contributed by atoms with Gasteiger partial charge in [0.1, 0.15) is 5.82 Å². The molecule has 2 heterocycles. The fourth-order valence-corrected chi connectivity index (χ4v) is 1.94. The largest absolute Gasteiger partial charge is 0.366 e. The summed E-state index contributed by atoms with van der Waals surface area (Å²) < 4.78 is 1.95. The molecule has 0 saturated carbocycles. The number of anilines is 1. The first-order chi connectivity index (χ1) is 5.66. The van der Waals surface area contributed by atoms with Crippen LogP contribution in [0, 0.1) is 5.92 Å². The molecule has 2 N–H and O–H groups in total. The summed E-state index contributed by atoms with van der Waals surface area (Å²) in [5, 5.41) is 4.15. The minimum absolute atomic E-state index is 0.408. The van der Waals surface area contributed by atoms with Gasteiger partial charge in [0, 0.05) is 6.42 Å². The molecule has 4 heteroatoms. The van der Waals surface area contributed by atoms with Crippen LogP contribution in [0.4, 0.5) is 5.95 Å². The van der Waals surface area contributed by atoms with Gasteiger partial charge in [0.25, 0.3) is 0 Å². The first kappa shape index (κ1) is 7.58. The molecule has 66 valence electrons. The van der Waals surface area contributed by atoms with Crippen molar-refractivity contribution in [3.8, 4) is 0 Å². The first-order valence-electron chi connectivity index (χ1n) is 4.37. The van der Waals surface area contributed by atoms with Crippen LogP contribution < -0.4 is 5.73 Å². The second kappa shape index (κ2) is 2.47. The molecule has 4 nitrogen and oxygen atoms in total. The number of hydrogen-bond acceptors (Lipinski definition) is 3. The summed E-state index contributed by atoms with van der Waals surface area (Å²) in [6.07, 6.45) is 2.18. The average molecular weight is 166 g/mol. The van der Waals surface area contributed by atoms with E-state index in [1.54, 1.807) is 0 Å². The molecule has 0 radical (unpaired) electrons. The van der Waals surface area contributed by atoms with E-state index in [9.17, 15) is 0 Å². The molecule has 0 saturated heterocycles. The highest BCUT2D eigenvalue weighted by molar-refractivity contribution is 5.15. The zero-order valence-electron chi connectivity index (χ0n) is 7.49. The van der Waals surface area contributed by atoms with Gasteiger partial charge in [0.05, 0.1) is 6.04 Å². The molecule has 0 fully saturated rings. The molecule has 0 spiro atoms. The molecule has 0 aromatic carbocycles. The quantitative estimate of drug-likeness (QED) is 0.625. The third kappa shape index (κ3) is 1.07. The van der Waals surface area contributed by atoms with E-state index in [2.05, 4.69) is 23.9 Å². The monoisotopic (exact) mass is 166 g/mol. The Morgan fingerprint density at radius 2 is 2.25 bits per heavy atom. The van der Waals surface area contributed by atoms with Crippen molar-refractivity contribution in [3.63, 3.8) is 0 Å². The van der Waals surface area contributed by atoms with E-state index < -0.39 is 0 Å². The molecule has 1 aromatic heterocycles. The number of aromatic nitrogens is 3. The van der Waals surface area contributed by atoms with Crippen molar-refractivity contribution in [3.05, 3.63) is 5.82 Å². The Bertz CT molecular complexity index is 291. The summed E-state index contributed by atoms with van der Waals surface area (Å²) in [4.78, 5) is 4.18. The van der Waals surface area contributed by atoms with E-state index in [4.69, 9.17) is 5.73 Å². The van der Waals surface area contributed by atoms with Crippen LogP contribution in [0.2, 0.25) is 0 Å². The van der Waals surface area contributed by atoms with Crippen LogP contribution in [-0.4, -0.2) is 14.8 Å². The van der Waals surface area contributed by atoms with E-state index >= 15 is 0 Å². The molecular formula is C8H14N4. The van der Waals surface area contributed by atoms with Crippen LogP contribution in [0.25, 0.3) is 0 Å². The van der Waals surface area contributed by atoms with Crippen molar-refractivity contribution in [2.75, 3.05) is 5.73 Å². The summed E-state index contributed by atoms with van der Waals surface area (Å²) in [5.41, 5.74) is 5.52. The Morgan fingerprint density at radius 1 is 1.50 bits per heavy atom. The molecule has 2 unspecified atom stereocenters. The van der Waals surface area contributed by atoms with Gasteiger partial charge in [-0.3, -0.25) is 0 Å². The molecule has 1 aliphatic heterocycles. The summed E-state index contributed by atoms with van der Waals surface area (Å²) in [7, 11) is 0. The summed E-state index contributed by atoms with van der Waals surface area (Å²) >= 11 is 0. The standard InChI is InChI=1S/C8H14N4/c1-5-3-6(2)12-7(4-5)10-8(9)11-12/h5-6H,3-4H2,1-2H3,(H2,9,11). The summed E-state index contributed by atoms with van der Waals surface area (Å²) in [6.45, 7) is 4.40. The van der Waals surface area contributed by atoms with E-state index in [1.165, 1.54) is 6.42 Å². The SMILES string of the molecule is CC1Cc2nc(N)nn2C(C)C1. The third-order valence-electron chi connectivity index (χ3n) is 2.41. The molecule has 0 aliphatic carbocycles. The van der Waals surface area contributed by atoms with Crippen molar-refractivity contribution in [1.29, 1.82) is 0 Å². The lowest BCUT2D eigenvalue weighted by atomic mass is 9.95. The van der Waals surface area contributed by atoms with Crippen LogP contribution >= 0.6 is 0 Å². The predicted octanol–water partition coefficient (Wildman–Crippen LogP) is 1.00. The number of rotatable bonds is 0. The van der Waals surface area contributed by atoms with Gasteiger partial charge < -0.3 is 5.73 Å². The van der Waals surface area contributed by atoms with Crippen molar-refractivity contribution in [2.45, 2.75) is 32.7 Å². The lowest BCUT2D eigenvalue weighted by molar-refractivity contribution is 0.319. The maximum atomic E-state index is 5.52. The highest BCUT2D eigenvalue weighted by Crippen LogP contribution is 2.26. The van der Waals surface area contributed by atoms with Crippen LogP contribution in [0.3, 0.4) is 0 Å². The van der Waals surface area contributed by atoms with Crippen LogP contribution in [0.15, 0.2) is 0 Å². The fourth-order valence-electron chi connectivity index (χ4n) is 1.94. The second-order valence-electron chi connectivity index (χ2n) is 3.72.